The molecule has 0 saturated heterocycles. The van der Waals surface area contributed by atoms with Crippen LogP contribution in [0.2, 0.25) is 10.0 Å². The number of halogens is 2. The molecule has 0 amide bonds. The third kappa shape index (κ3) is 4.19. The highest BCUT2D eigenvalue weighted by molar-refractivity contribution is 6.35. The van der Waals surface area contributed by atoms with Crippen molar-refractivity contribution in [1.82, 2.24) is 0 Å². The second-order valence-corrected chi connectivity index (χ2v) is 5.07. The predicted octanol–water partition coefficient (Wildman–Crippen LogP) is 4.21. The van der Waals surface area contributed by atoms with Crippen LogP contribution in [0.15, 0.2) is 36.4 Å². The summed E-state index contributed by atoms with van der Waals surface area (Å²) in [5.74, 6) is 0.598. The number of benzene rings is 2. The molecule has 0 aliphatic carbocycles. The van der Waals surface area contributed by atoms with E-state index in [4.69, 9.17) is 33.2 Å². The highest BCUT2D eigenvalue weighted by Gasteiger charge is 2.08. The van der Waals surface area contributed by atoms with Gasteiger partial charge < -0.3 is 15.2 Å². The van der Waals surface area contributed by atoms with Gasteiger partial charge in [-0.3, -0.25) is 0 Å². The lowest BCUT2D eigenvalue weighted by molar-refractivity contribution is 0.368. The first-order valence-electron chi connectivity index (χ1n) is 6.10. The van der Waals surface area contributed by atoms with Crippen LogP contribution in [0.3, 0.4) is 0 Å². The number of anilines is 1. The van der Waals surface area contributed by atoms with Gasteiger partial charge >= 0.3 is 0 Å². The van der Waals surface area contributed by atoms with Crippen molar-refractivity contribution in [3.05, 3.63) is 52.0 Å². The molecule has 0 radical (unpaired) electrons. The Balaban J connectivity index is 2.08. The molecule has 0 spiro atoms. The third-order valence-electron chi connectivity index (χ3n) is 2.73. The van der Waals surface area contributed by atoms with Crippen molar-refractivity contribution in [2.75, 3.05) is 11.9 Å². The van der Waals surface area contributed by atoms with Gasteiger partial charge in [0.1, 0.15) is 17.6 Å². The number of rotatable bonds is 5. The fraction of sp³-hybridized carbons (Fsp3) is 0.133. The van der Waals surface area contributed by atoms with Gasteiger partial charge in [-0.15, -0.1) is 0 Å². The minimum absolute atomic E-state index is 0.00505. The Morgan fingerprint density at radius 2 is 2.05 bits per heavy atom. The number of nitriles is 1. The van der Waals surface area contributed by atoms with Crippen molar-refractivity contribution in [2.24, 2.45) is 0 Å². The molecule has 0 saturated carbocycles. The largest absolute Gasteiger partial charge is 0.506 e. The summed E-state index contributed by atoms with van der Waals surface area (Å²) in [4.78, 5) is 0. The van der Waals surface area contributed by atoms with Crippen molar-refractivity contribution in [1.29, 1.82) is 5.26 Å². The van der Waals surface area contributed by atoms with Gasteiger partial charge in [0.05, 0.1) is 5.02 Å². The smallest absolute Gasteiger partial charge is 0.174 e. The van der Waals surface area contributed by atoms with Crippen molar-refractivity contribution in [2.45, 2.75) is 6.54 Å². The SMILES string of the molecule is N#CCOc1cccc(NCc2cc(Cl)cc(Cl)c2O)c1. The quantitative estimate of drug-likeness (QED) is 0.865. The average Bonchev–Trinajstić information content (AvgIpc) is 2.47. The fourth-order valence-electron chi connectivity index (χ4n) is 1.76. The first-order valence-corrected chi connectivity index (χ1v) is 6.86. The van der Waals surface area contributed by atoms with Crippen LogP contribution >= 0.6 is 23.2 Å². The van der Waals surface area contributed by atoms with E-state index in [-0.39, 0.29) is 17.4 Å². The minimum atomic E-state index is -0.00581. The Morgan fingerprint density at radius 3 is 2.81 bits per heavy atom. The minimum Gasteiger partial charge on any atom is -0.506 e. The molecule has 0 aliphatic rings. The number of phenolic OH excluding ortho intramolecular Hbond substituents is 1. The van der Waals surface area contributed by atoms with Crippen LogP contribution in [0, 0.1) is 11.3 Å². The molecule has 0 atom stereocenters. The van der Waals surface area contributed by atoms with Gasteiger partial charge in [0, 0.05) is 28.9 Å². The van der Waals surface area contributed by atoms with E-state index in [9.17, 15) is 5.11 Å². The van der Waals surface area contributed by atoms with Gasteiger partial charge in [-0.05, 0) is 24.3 Å². The normalized spacial score (nSPS) is 9.95. The lowest BCUT2D eigenvalue weighted by atomic mass is 10.2. The third-order valence-corrected chi connectivity index (χ3v) is 3.23. The summed E-state index contributed by atoms with van der Waals surface area (Å²) in [7, 11) is 0. The van der Waals surface area contributed by atoms with E-state index < -0.39 is 0 Å². The topological polar surface area (TPSA) is 65.3 Å². The summed E-state index contributed by atoms with van der Waals surface area (Å²) in [5, 5.41) is 22.2. The Bertz CT molecular complexity index is 684. The first-order chi connectivity index (χ1) is 10.1. The van der Waals surface area contributed by atoms with Gasteiger partial charge in [0.2, 0.25) is 0 Å². The Labute approximate surface area is 132 Å². The fourth-order valence-corrected chi connectivity index (χ4v) is 2.30. The highest BCUT2D eigenvalue weighted by atomic mass is 35.5. The predicted molar refractivity (Wildman–Crippen MR) is 83.0 cm³/mol. The Kier molecular flexibility index (Phi) is 5.15. The van der Waals surface area contributed by atoms with Crippen LogP contribution in [0.1, 0.15) is 5.56 Å². The molecule has 2 aromatic rings. The van der Waals surface area contributed by atoms with Crippen molar-refractivity contribution < 1.29 is 9.84 Å². The van der Waals surface area contributed by atoms with Crippen LogP contribution in [-0.2, 0) is 6.54 Å². The summed E-state index contributed by atoms with van der Waals surface area (Å²) in [6.45, 7) is 0.349. The van der Waals surface area contributed by atoms with E-state index >= 15 is 0 Å². The van der Waals surface area contributed by atoms with E-state index in [0.717, 1.165) is 5.69 Å². The summed E-state index contributed by atoms with van der Waals surface area (Å²) >= 11 is 11.8. The Hall–Kier alpha value is -2.09. The summed E-state index contributed by atoms with van der Waals surface area (Å²) in [5.41, 5.74) is 1.39. The number of hydrogen-bond acceptors (Lipinski definition) is 4. The maximum absolute atomic E-state index is 9.88. The molecule has 0 aliphatic heterocycles. The molecular formula is C15H12Cl2N2O2. The van der Waals surface area contributed by atoms with Gasteiger partial charge in [-0.25, -0.2) is 0 Å². The van der Waals surface area contributed by atoms with Crippen LogP contribution in [0.5, 0.6) is 11.5 Å². The first kappa shape index (κ1) is 15.3. The lowest BCUT2D eigenvalue weighted by Gasteiger charge is -2.11. The van der Waals surface area contributed by atoms with Gasteiger partial charge in [0.15, 0.2) is 6.61 Å². The summed E-state index contributed by atoms with van der Waals surface area (Å²) in [6.07, 6.45) is 0. The molecule has 0 heterocycles. The molecule has 21 heavy (non-hydrogen) atoms. The second kappa shape index (κ2) is 7.07. The lowest BCUT2D eigenvalue weighted by Crippen LogP contribution is -2.01. The van der Waals surface area contributed by atoms with Crippen LogP contribution in [0.4, 0.5) is 5.69 Å². The van der Waals surface area contributed by atoms with E-state index in [1.54, 1.807) is 24.3 Å². The van der Waals surface area contributed by atoms with Gasteiger partial charge in [-0.2, -0.15) is 5.26 Å². The summed E-state index contributed by atoms with van der Waals surface area (Å²) in [6, 6.07) is 12.2. The van der Waals surface area contributed by atoms with Gasteiger partial charge in [-0.1, -0.05) is 29.3 Å². The molecule has 0 aromatic heterocycles. The molecule has 4 nitrogen and oxygen atoms in total. The zero-order chi connectivity index (χ0) is 15.2. The summed E-state index contributed by atoms with van der Waals surface area (Å²) < 4.78 is 5.22. The van der Waals surface area contributed by atoms with Crippen molar-refractivity contribution in [3.8, 4) is 17.6 Å². The van der Waals surface area contributed by atoms with Crippen LogP contribution < -0.4 is 10.1 Å². The number of aromatic hydroxyl groups is 1. The maximum Gasteiger partial charge on any atom is 0.174 e. The zero-order valence-corrected chi connectivity index (χ0v) is 12.4. The second-order valence-electron chi connectivity index (χ2n) is 4.22. The number of phenols is 1. The monoisotopic (exact) mass is 322 g/mol. The molecule has 108 valence electrons. The standard InChI is InChI=1S/C15H12Cl2N2O2/c16-11-6-10(15(20)14(17)7-11)9-19-12-2-1-3-13(8-12)21-5-4-18/h1-3,6-8,19-20H,5,9H2. The van der Waals surface area contributed by atoms with E-state index in [1.807, 2.05) is 12.1 Å². The zero-order valence-electron chi connectivity index (χ0n) is 10.9. The van der Waals surface area contributed by atoms with Crippen molar-refractivity contribution >= 4 is 28.9 Å². The van der Waals surface area contributed by atoms with E-state index in [2.05, 4.69) is 5.32 Å². The van der Waals surface area contributed by atoms with Crippen molar-refractivity contribution in [3.63, 3.8) is 0 Å². The molecule has 0 bridgehead atoms. The van der Waals surface area contributed by atoms with E-state index in [0.29, 0.717) is 22.9 Å². The molecule has 2 aromatic carbocycles. The molecule has 6 heteroatoms. The molecular weight excluding hydrogens is 311 g/mol. The molecule has 0 unspecified atom stereocenters. The average molecular weight is 323 g/mol. The van der Waals surface area contributed by atoms with Gasteiger partial charge in [0.25, 0.3) is 0 Å². The van der Waals surface area contributed by atoms with E-state index in [1.165, 1.54) is 6.07 Å². The number of ether oxygens (including phenoxy) is 1. The number of hydrogen-bond donors (Lipinski definition) is 2. The Morgan fingerprint density at radius 1 is 1.24 bits per heavy atom. The maximum atomic E-state index is 9.88. The number of nitrogens with one attached hydrogen (secondary N) is 1. The molecule has 2 N–H and O–H groups in total. The number of nitrogens with zero attached hydrogens (tertiary/aromatic N) is 1. The highest BCUT2D eigenvalue weighted by Crippen LogP contribution is 2.31. The molecule has 2 rings (SSSR count). The van der Waals surface area contributed by atoms with Crippen LogP contribution in [-0.4, -0.2) is 11.7 Å². The van der Waals surface area contributed by atoms with Crippen LogP contribution in [0.25, 0.3) is 0 Å². The molecule has 0 fully saturated rings.